The summed E-state index contributed by atoms with van der Waals surface area (Å²) in [5.74, 6) is 0.515. The van der Waals surface area contributed by atoms with Gasteiger partial charge in [-0.15, -0.1) is 0 Å². The molecule has 1 fully saturated rings. The minimum absolute atomic E-state index is 0.384. The molecule has 16 heavy (non-hydrogen) atoms. The van der Waals surface area contributed by atoms with E-state index in [-0.39, 0.29) is 0 Å². The molecular formula is C13H24N2O. The Hall–Kier alpha value is -0.830. The van der Waals surface area contributed by atoms with Gasteiger partial charge in [-0.1, -0.05) is 27.7 Å². The topological polar surface area (TPSA) is 27.1 Å². The average Bonchev–Trinajstić information content (AvgIpc) is 2.92. The lowest BCUT2D eigenvalue weighted by Gasteiger charge is -2.08. The molecule has 3 heteroatoms. The third-order valence-corrected chi connectivity index (χ3v) is 2.67. The minimum Gasteiger partial charge on any atom is -0.376 e. The summed E-state index contributed by atoms with van der Waals surface area (Å²) in [6.07, 6.45) is 4.81. The normalized spacial score (nSPS) is 19.7. The third kappa shape index (κ3) is 3.63. The molecule has 2 rings (SSSR count). The predicted octanol–water partition coefficient (Wildman–Crippen LogP) is 3.21. The number of hydrogen-bond donors (Lipinski definition) is 0. The van der Waals surface area contributed by atoms with Gasteiger partial charge in [-0.3, -0.25) is 4.68 Å². The quantitative estimate of drug-likeness (QED) is 0.788. The van der Waals surface area contributed by atoms with Crippen LogP contribution in [0.15, 0.2) is 12.3 Å². The molecular weight excluding hydrogens is 200 g/mol. The predicted molar refractivity (Wildman–Crippen MR) is 66.6 cm³/mol. The Morgan fingerprint density at radius 1 is 1.50 bits per heavy atom. The van der Waals surface area contributed by atoms with E-state index < -0.39 is 0 Å². The van der Waals surface area contributed by atoms with Gasteiger partial charge in [0.15, 0.2) is 0 Å². The number of rotatable bonds is 3. The molecule has 1 saturated heterocycles. The second-order valence-corrected chi connectivity index (χ2v) is 4.25. The van der Waals surface area contributed by atoms with Gasteiger partial charge in [-0.05, 0) is 24.8 Å². The Morgan fingerprint density at radius 3 is 2.75 bits per heavy atom. The van der Waals surface area contributed by atoms with E-state index in [2.05, 4.69) is 31.2 Å². The van der Waals surface area contributed by atoms with Gasteiger partial charge in [-0.2, -0.15) is 5.10 Å². The number of ether oxygens (including phenoxy) is 1. The Bertz CT molecular complexity index is 288. The van der Waals surface area contributed by atoms with Crippen LogP contribution in [-0.2, 0) is 11.3 Å². The highest BCUT2D eigenvalue weighted by Gasteiger charge is 2.16. The van der Waals surface area contributed by atoms with Crippen LogP contribution < -0.4 is 0 Å². The summed E-state index contributed by atoms with van der Waals surface area (Å²) < 4.78 is 7.57. The van der Waals surface area contributed by atoms with Gasteiger partial charge in [0, 0.05) is 12.8 Å². The smallest absolute Gasteiger partial charge is 0.0771 e. The largest absolute Gasteiger partial charge is 0.376 e. The molecule has 0 N–H and O–H groups in total. The zero-order valence-electron chi connectivity index (χ0n) is 10.9. The van der Waals surface area contributed by atoms with E-state index in [9.17, 15) is 0 Å². The van der Waals surface area contributed by atoms with Crippen molar-refractivity contribution in [2.75, 3.05) is 6.61 Å². The summed E-state index contributed by atoms with van der Waals surface area (Å²) in [4.78, 5) is 0. The van der Waals surface area contributed by atoms with Gasteiger partial charge in [0.1, 0.15) is 0 Å². The van der Waals surface area contributed by atoms with Gasteiger partial charge in [0.2, 0.25) is 0 Å². The molecule has 1 aromatic rings. The van der Waals surface area contributed by atoms with Gasteiger partial charge in [0.05, 0.1) is 18.3 Å². The zero-order chi connectivity index (χ0) is 12.0. The molecule has 1 aliphatic rings. The van der Waals surface area contributed by atoms with E-state index in [1.165, 1.54) is 18.5 Å². The molecule has 0 radical (unpaired) electrons. The van der Waals surface area contributed by atoms with E-state index in [0.717, 1.165) is 13.2 Å². The fraction of sp³-hybridized carbons (Fsp3) is 0.769. The molecule has 0 unspecified atom stereocenters. The molecule has 1 aromatic heterocycles. The number of hydrogen-bond acceptors (Lipinski definition) is 2. The molecule has 92 valence electrons. The van der Waals surface area contributed by atoms with Crippen molar-refractivity contribution in [3.8, 4) is 0 Å². The van der Waals surface area contributed by atoms with Crippen molar-refractivity contribution in [1.82, 2.24) is 9.78 Å². The lowest BCUT2D eigenvalue weighted by molar-refractivity contribution is 0.0939. The van der Waals surface area contributed by atoms with E-state index in [1.54, 1.807) is 0 Å². The standard InChI is InChI=1S/C11H18N2O.C2H6/c1-9(2)11-5-6-13(12-11)8-10-4-3-7-14-10;1-2/h5-6,9-10H,3-4,7-8H2,1-2H3;1-2H3/t10-;/m1./s1. The van der Waals surface area contributed by atoms with Gasteiger partial charge in [-0.25, -0.2) is 0 Å². The Kier molecular flexibility index (Phi) is 5.53. The van der Waals surface area contributed by atoms with Crippen LogP contribution in [0, 0.1) is 0 Å². The highest BCUT2D eigenvalue weighted by molar-refractivity contribution is 5.03. The second kappa shape index (κ2) is 6.69. The second-order valence-electron chi connectivity index (χ2n) is 4.25. The van der Waals surface area contributed by atoms with Crippen LogP contribution in [0.5, 0.6) is 0 Å². The molecule has 0 spiro atoms. The van der Waals surface area contributed by atoms with Crippen molar-refractivity contribution in [2.24, 2.45) is 0 Å². The first-order valence-corrected chi connectivity index (χ1v) is 6.40. The van der Waals surface area contributed by atoms with Gasteiger partial charge in [0.25, 0.3) is 0 Å². The van der Waals surface area contributed by atoms with Crippen LogP contribution >= 0.6 is 0 Å². The summed E-state index contributed by atoms with van der Waals surface area (Å²) in [5.41, 5.74) is 1.17. The number of nitrogens with zero attached hydrogens (tertiary/aromatic N) is 2. The molecule has 2 heterocycles. The van der Waals surface area contributed by atoms with Crippen molar-refractivity contribution in [1.29, 1.82) is 0 Å². The molecule has 3 nitrogen and oxygen atoms in total. The number of aromatic nitrogens is 2. The van der Waals surface area contributed by atoms with Gasteiger partial charge < -0.3 is 4.74 Å². The minimum atomic E-state index is 0.384. The molecule has 1 aliphatic heterocycles. The van der Waals surface area contributed by atoms with Crippen LogP contribution in [0.1, 0.15) is 52.1 Å². The highest BCUT2D eigenvalue weighted by Crippen LogP contribution is 2.15. The summed E-state index contributed by atoms with van der Waals surface area (Å²) in [6, 6.07) is 2.10. The fourth-order valence-electron chi connectivity index (χ4n) is 1.78. The Labute approximate surface area is 98.8 Å². The first-order chi connectivity index (χ1) is 7.75. The molecule has 0 aliphatic carbocycles. The maximum atomic E-state index is 5.57. The van der Waals surface area contributed by atoms with Crippen molar-refractivity contribution in [2.45, 2.75) is 59.1 Å². The van der Waals surface area contributed by atoms with Crippen LogP contribution in [0.2, 0.25) is 0 Å². The summed E-state index contributed by atoms with van der Waals surface area (Å²) in [7, 11) is 0. The van der Waals surface area contributed by atoms with E-state index in [4.69, 9.17) is 4.74 Å². The van der Waals surface area contributed by atoms with Crippen LogP contribution in [-0.4, -0.2) is 22.5 Å². The maximum absolute atomic E-state index is 5.57. The van der Waals surface area contributed by atoms with Crippen molar-refractivity contribution < 1.29 is 4.74 Å². The molecule has 0 saturated carbocycles. The van der Waals surface area contributed by atoms with E-state index in [0.29, 0.717) is 12.0 Å². The molecule has 1 atom stereocenters. The fourth-order valence-corrected chi connectivity index (χ4v) is 1.78. The first-order valence-electron chi connectivity index (χ1n) is 6.40. The summed E-state index contributed by atoms with van der Waals surface area (Å²) >= 11 is 0. The monoisotopic (exact) mass is 224 g/mol. The summed E-state index contributed by atoms with van der Waals surface area (Å²) in [6.45, 7) is 10.2. The van der Waals surface area contributed by atoms with Crippen molar-refractivity contribution >= 4 is 0 Å². The average molecular weight is 224 g/mol. The molecule has 0 aromatic carbocycles. The van der Waals surface area contributed by atoms with Crippen LogP contribution in [0.4, 0.5) is 0 Å². The molecule has 0 amide bonds. The maximum Gasteiger partial charge on any atom is 0.0771 e. The zero-order valence-corrected chi connectivity index (χ0v) is 10.9. The highest BCUT2D eigenvalue weighted by atomic mass is 16.5. The molecule has 0 bridgehead atoms. The summed E-state index contributed by atoms with van der Waals surface area (Å²) in [5, 5.41) is 4.51. The van der Waals surface area contributed by atoms with E-state index in [1.807, 2.05) is 18.5 Å². The van der Waals surface area contributed by atoms with Gasteiger partial charge >= 0.3 is 0 Å². The lowest BCUT2D eigenvalue weighted by atomic mass is 10.1. The third-order valence-electron chi connectivity index (χ3n) is 2.67. The van der Waals surface area contributed by atoms with Crippen molar-refractivity contribution in [3.05, 3.63) is 18.0 Å². The Morgan fingerprint density at radius 2 is 2.25 bits per heavy atom. The van der Waals surface area contributed by atoms with E-state index >= 15 is 0 Å². The Balaban J connectivity index is 0.000000606. The van der Waals surface area contributed by atoms with Crippen LogP contribution in [0.25, 0.3) is 0 Å². The SMILES string of the molecule is CC.CC(C)c1ccn(C[C@H]2CCCO2)n1. The lowest BCUT2D eigenvalue weighted by Crippen LogP contribution is -2.15. The van der Waals surface area contributed by atoms with Crippen LogP contribution in [0.3, 0.4) is 0 Å². The first kappa shape index (κ1) is 13.2. The van der Waals surface area contributed by atoms with Crippen molar-refractivity contribution in [3.63, 3.8) is 0 Å².